The maximum absolute atomic E-state index is 5.82. The molecule has 1 fully saturated rings. The number of aromatic nitrogens is 4. The summed E-state index contributed by atoms with van der Waals surface area (Å²) in [5.74, 6) is 0.966. The molecular weight excluding hydrogens is 220 g/mol. The molecular formula is C8H7ClN4O2. The Hall–Kier alpha value is -1.40. The molecule has 1 aliphatic rings. The van der Waals surface area contributed by atoms with E-state index in [1.165, 1.54) is 10.8 Å². The molecule has 7 heteroatoms. The number of hydrogen-bond acceptors (Lipinski definition) is 5. The monoisotopic (exact) mass is 226 g/mol. The molecule has 0 aromatic carbocycles. The van der Waals surface area contributed by atoms with Crippen LogP contribution in [0.4, 0.5) is 0 Å². The van der Waals surface area contributed by atoms with Crippen LogP contribution in [0.25, 0.3) is 5.78 Å². The summed E-state index contributed by atoms with van der Waals surface area (Å²) in [7, 11) is 0. The topological polar surface area (TPSA) is 61.5 Å². The van der Waals surface area contributed by atoms with E-state index in [9.17, 15) is 0 Å². The quantitative estimate of drug-likeness (QED) is 0.700. The molecule has 2 aromatic heterocycles. The smallest absolute Gasteiger partial charge is 0.256 e. The summed E-state index contributed by atoms with van der Waals surface area (Å²) in [5.41, 5.74) is 0. The molecule has 0 amide bonds. The first kappa shape index (κ1) is 8.87. The first-order chi connectivity index (χ1) is 7.33. The van der Waals surface area contributed by atoms with Crippen molar-refractivity contribution in [1.29, 1.82) is 0 Å². The predicted octanol–water partition coefficient (Wildman–Crippen LogP) is 0.555. The van der Waals surface area contributed by atoms with Gasteiger partial charge in [0.1, 0.15) is 17.6 Å². The van der Waals surface area contributed by atoms with Gasteiger partial charge in [0.2, 0.25) is 5.88 Å². The molecule has 0 unspecified atom stereocenters. The zero-order valence-electron chi connectivity index (χ0n) is 7.63. The van der Waals surface area contributed by atoms with E-state index in [0.717, 1.165) is 0 Å². The minimum Gasteiger partial charge on any atom is -0.469 e. The minimum atomic E-state index is 0.0656. The highest BCUT2D eigenvalue weighted by Gasteiger charge is 2.22. The van der Waals surface area contributed by atoms with Gasteiger partial charge in [-0.25, -0.2) is 0 Å². The number of fused-ring (bicyclic) bond motifs is 1. The normalized spacial score (nSPS) is 16.6. The summed E-state index contributed by atoms with van der Waals surface area (Å²) in [6, 6.07) is 1.61. The molecule has 6 nitrogen and oxygen atoms in total. The van der Waals surface area contributed by atoms with Crippen LogP contribution < -0.4 is 4.74 Å². The molecule has 15 heavy (non-hydrogen) atoms. The molecule has 0 aliphatic carbocycles. The average molecular weight is 227 g/mol. The maximum Gasteiger partial charge on any atom is 0.256 e. The zero-order valence-corrected chi connectivity index (χ0v) is 8.39. The molecule has 0 spiro atoms. The molecule has 0 bridgehead atoms. The van der Waals surface area contributed by atoms with Gasteiger partial charge in [0.15, 0.2) is 0 Å². The SMILES string of the molecule is Clc1cc(OC2COC2)n2ncnc2n1. The third kappa shape index (κ3) is 1.51. The molecule has 0 saturated carbocycles. The molecule has 78 valence electrons. The molecule has 0 atom stereocenters. The van der Waals surface area contributed by atoms with Crippen molar-refractivity contribution in [2.24, 2.45) is 0 Å². The second-order valence-electron chi connectivity index (χ2n) is 3.17. The van der Waals surface area contributed by atoms with Crippen LogP contribution in [0.1, 0.15) is 0 Å². The maximum atomic E-state index is 5.82. The fourth-order valence-corrected chi connectivity index (χ4v) is 1.46. The van der Waals surface area contributed by atoms with Crippen LogP contribution in [0.2, 0.25) is 5.15 Å². The van der Waals surface area contributed by atoms with Gasteiger partial charge < -0.3 is 9.47 Å². The number of ether oxygens (including phenoxy) is 2. The lowest BCUT2D eigenvalue weighted by Gasteiger charge is -2.26. The van der Waals surface area contributed by atoms with Crippen molar-refractivity contribution >= 4 is 17.4 Å². The Morgan fingerprint density at radius 2 is 2.40 bits per heavy atom. The number of rotatable bonds is 2. The first-order valence-electron chi connectivity index (χ1n) is 4.43. The van der Waals surface area contributed by atoms with Crippen molar-refractivity contribution in [2.45, 2.75) is 6.10 Å². The third-order valence-corrected chi connectivity index (χ3v) is 2.28. The van der Waals surface area contributed by atoms with E-state index >= 15 is 0 Å². The van der Waals surface area contributed by atoms with Gasteiger partial charge >= 0.3 is 0 Å². The van der Waals surface area contributed by atoms with E-state index in [0.29, 0.717) is 30.0 Å². The summed E-state index contributed by atoms with van der Waals surface area (Å²) in [5, 5.41) is 4.33. The van der Waals surface area contributed by atoms with Gasteiger partial charge in [-0.1, -0.05) is 11.6 Å². The molecule has 3 rings (SSSR count). The molecule has 3 heterocycles. The second-order valence-corrected chi connectivity index (χ2v) is 3.55. The van der Waals surface area contributed by atoms with Gasteiger partial charge in [0, 0.05) is 6.07 Å². The van der Waals surface area contributed by atoms with E-state index in [2.05, 4.69) is 15.1 Å². The summed E-state index contributed by atoms with van der Waals surface area (Å²) < 4.78 is 12.1. The second kappa shape index (κ2) is 3.32. The van der Waals surface area contributed by atoms with Crippen molar-refractivity contribution in [3.63, 3.8) is 0 Å². The Morgan fingerprint density at radius 3 is 3.13 bits per heavy atom. The Bertz CT molecular complexity index is 496. The fraction of sp³-hybridized carbons (Fsp3) is 0.375. The lowest BCUT2D eigenvalue weighted by atomic mass is 10.3. The predicted molar refractivity (Wildman–Crippen MR) is 51.0 cm³/mol. The van der Waals surface area contributed by atoms with Gasteiger partial charge in [-0.3, -0.25) is 0 Å². The van der Waals surface area contributed by atoms with E-state index in [-0.39, 0.29) is 6.10 Å². The van der Waals surface area contributed by atoms with Crippen molar-refractivity contribution in [2.75, 3.05) is 13.2 Å². The van der Waals surface area contributed by atoms with Crippen molar-refractivity contribution in [3.05, 3.63) is 17.5 Å². The Morgan fingerprint density at radius 1 is 1.53 bits per heavy atom. The van der Waals surface area contributed by atoms with Gasteiger partial charge in [0.05, 0.1) is 13.2 Å². The highest BCUT2D eigenvalue weighted by molar-refractivity contribution is 6.29. The van der Waals surface area contributed by atoms with Crippen LogP contribution >= 0.6 is 11.6 Å². The van der Waals surface area contributed by atoms with Crippen LogP contribution in [0.5, 0.6) is 5.88 Å². The summed E-state index contributed by atoms with van der Waals surface area (Å²) in [6.45, 7) is 1.19. The van der Waals surface area contributed by atoms with Crippen LogP contribution in [0.3, 0.4) is 0 Å². The average Bonchev–Trinajstić information content (AvgIpc) is 2.58. The Kier molecular flexibility index (Phi) is 1.96. The van der Waals surface area contributed by atoms with Crippen molar-refractivity contribution in [1.82, 2.24) is 19.6 Å². The highest BCUT2D eigenvalue weighted by atomic mass is 35.5. The Balaban J connectivity index is 2.02. The summed E-state index contributed by atoms with van der Waals surface area (Å²) in [6.07, 6.45) is 1.47. The zero-order chi connectivity index (χ0) is 10.3. The third-order valence-electron chi connectivity index (χ3n) is 2.08. The minimum absolute atomic E-state index is 0.0656. The fourth-order valence-electron chi connectivity index (χ4n) is 1.29. The lowest BCUT2D eigenvalue weighted by Crippen LogP contribution is -2.39. The molecule has 2 aromatic rings. The van der Waals surface area contributed by atoms with Gasteiger partial charge in [0.25, 0.3) is 5.78 Å². The largest absolute Gasteiger partial charge is 0.469 e. The Labute approximate surface area is 89.8 Å². The van der Waals surface area contributed by atoms with Crippen molar-refractivity contribution < 1.29 is 9.47 Å². The summed E-state index contributed by atoms with van der Waals surface area (Å²) in [4.78, 5) is 7.93. The molecule has 0 N–H and O–H groups in total. The molecule has 0 radical (unpaired) electrons. The van der Waals surface area contributed by atoms with E-state index < -0.39 is 0 Å². The van der Waals surface area contributed by atoms with Gasteiger partial charge in [-0.2, -0.15) is 19.6 Å². The lowest BCUT2D eigenvalue weighted by molar-refractivity contribution is -0.0821. The van der Waals surface area contributed by atoms with Gasteiger partial charge in [-0.15, -0.1) is 0 Å². The van der Waals surface area contributed by atoms with E-state index in [1.807, 2.05) is 0 Å². The summed E-state index contributed by atoms with van der Waals surface area (Å²) >= 11 is 5.82. The molecule has 1 aliphatic heterocycles. The van der Waals surface area contributed by atoms with Crippen LogP contribution in [-0.4, -0.2) is 38.9 Å². The number of halogens is 1. The van der Waals surface area contributed by atoms with E-state index in [4.69, 9.17) is 21.1 Å². The molecule has 1 saturated heterocycles. The van der Waals surface area contributed by atoms with Gasteiger partial charge in [-0.05, 0) is 0 Å². The first-order valence-corrected chi connectivity index (χ1v) is 4.81. The van der Waals surface area contributed by atoms with Crippen LogP contribution in [-0.2, 0) is 4.74 Å². The highest BCUT2D eigenvalue weighted by Crippen LogP contribution is 2.19. The number of nitrogens with zero attached hydrogens (tertiary/aromatic N) is 4. The standard InChI is InChI=1S/C8H7ClN4O2/c9-6-1-7(15-5-2-14-3-5)13-8(12-6)10-4-11-13/h1,4-5H,2-3H2. The van der Waals surface area contributed by atoms with Crippen molar-refractivity contribution in [3.8, 4) is 5.88 Å². The van der Waals surface area contributed by atoms with Crippen LogP contribution in [0.15, 0.2) is 12.4 Å². The number of hydrogen-bond donors (Lipinski definition) is 0. The van der Waals surface area contributed by atoms with E-state index in [1.54, 1.807) is 6.07 Å². The van der Waals surface area contributed by atoms with Crippen LogP contribution in [0, 0.1) is 0 Å².